The normalized spacial score (nSPS) is 13.7. The van der Waals surface area contributed by atoms with Crippen LogP contribution in [0.15, 0.2) is 114 Å². The highest BCUT2D eigenvalue weighted by Gasteiger charge is 2.16. The molecule has 7 heteroatoms. The highest BCUT2D eigenvalue weighted by Crippen LogP contribution is 2.41. The van der Waals surface area contributed by atoms with E-state index in [1.54, 1.807) is 12.1 Å². The zero-order valence-corrected chi connectivity index (χ0v) is 23.7. The summed E-state index contributed by atoms with van der Waals surface area (Å²) in [5, 5.41) is 5.31. The van der Waals surface area contributed by atoms with Gasteiger partial charge in [-0.25, -0.2) is 8.42 Å². The number of hydrogen-bond acceptors (Lipinski definition) is 6. The summed E-state index contributed by atoms with van der Waals surface area (Å²) in [5.41, 5.74) is 4.03. The molecule has 0 aromatic heterocycles. The van der Waals surface area contributed by atoms with Crippen molar-refractivity contribution in [2.45, 2.75) is 11.5 Å². The van der Waals surface area contributed by atoms with Crippen molar-refractivity contribution in [1.82, 2.24) is 5.32 Å². The van der Waals surface area contributed by atoms with Crippen molar-refractivity contribution in [2.24, 2.45) is 0 Å². The fraction of sp³-hybridized carbons (Fsp3) is 0.176. The first-order valence-electron chi connectivity index (χ1n) is 13.7. The smallest absolute Gasteiger partial charge is 0.175 e. The van der Waals surface area contributed by atoms with Crippen LogP contribution in [-0.2, 0) is 16.4 Å². The van der Waals surface area contributed by atoms with Gasteiger partial charge in [0.1, 0.15) is 23.9 Å². The minimum atomic E-state index is -3.29. The van der Waals surface area contributed by atoms with E-state index in [2.05, 4.69) is 22.3 Å². The zero-order valence-electron chi connectivity index (χ0n) is 22.9. The standard InChI is InChI=1S/C34H32N2O4S/c1-41(37,38)31-15-7-26(8-16-31)32-17-9-27-23-30(39-24-25-5-3-2-4-6-25)14-18-33(27)34(32)40-29-12-10-28(11-13-29)36-21-19-35-20-22-36/h2-18,23,35H,19-22,24H2,1H3. The number of ether oxygens (including phenoxy) is 2. The number of benzene rings is 5. The van der Waals surface area contributed by atoms with E-state index in [0.29, 0.717) is 12.4 Å². The molecular weight excluding hydrogens is 532 g/mol. The molecule has 0 unspecified atom stereocenters. The summed E-state index contributed by atoms with van der Waals surface area (Å²) in [7, 11) is -3.29. The van der Waals surface area contributed by atoms with E-state index in [9.17, 15) is 8.42 Å². The number of nitrogens with one attached hydrogen (secondary N) is 1. The lowest BCUT2D eigenvalue weighted by atomic mass is 9.99. The molecule has 41 heavy (non-hydrogen) atoms. The van der Waals surface area contributed by atoms with Crippen LogP contribution in [0.25, 0.3) is 21.9 Å². The van der Waals surface area contributed by atoms with Gasteiger partial charge in [0, 0.05) is 49.1 Å². The third-order valence-corrected chi connectivity index (χ3v) is 8.45. The Balaban J connectivity index is 1.35. The van der Waals surface area contributed by atoms with E-state index in [1.807, 2.05) is 84.9 Å². The lowest BCUT2D eigenvalue weighted by Gasteiger charge is -2.29. The predicted octanol–water partition coefficient (Wildman–Crippen LogP) is 6.69. The first kappa shape index (κ1) is 26.9. The molecule has 1 saturated heterocycles. The fourth-order valence-corrected chi connectivity index (χ4v) is 5.73. The van der Waals surface area contributed by atoms with Gasteiger partial charge in [0.15, 0.2) is 9.84 Å². The van der Waals surface area contributed by atoms with Crippen LogP contribution in [0.3, 0.4) is 0 Å². The van der Waals surface area contributed by atoms with Crippen LogP contribution in [0, 0.1) is 0 Å². The topological polar surface area (TPSA) is 67.9 Å². The highest BCUT2D eigenvalue weighted by atomic mass is 32.2. The van der Waals surface area contributed by atoms with E-state index in [0.717, 1.165) is 65.1 Å². The van der Waals surface area contributed by atoms with Crippen LogP contribution in [0.5, 0.6) is 17.2 Å². The molecule has 0 radical (unpaired) electrons. The van der Waals surface area contributed by atoms with Crippen LogP contribution in [0.2, 0.25) is 0 Å². The number of hydrogen-bond donors (Lipinski definition) is 1. The number of anilines is 1. The Hall–Kier alpha value is -4.33. The molecule has 0 aliphatic carbocycles. The van der Waals surface area contributed by atoms with Crippen LogP contribution < -0.4 is 19.7 Å². The van der Waals surface area contributed by atoms with Crippen LogP contribution in [0.1, 0.15) is 5.56 Å². The molecule has 6 nitrogen and oxygen atoms in total. The van der Waals surface area contributed by atoms with Gasteiger partial charge in [0.25, 0.3) is 0 Å². The molecule has 1 aliphatic rings. The molecule has 5 aromatic carbocycles. The van der Waals surface area contributed by atoms with Crippen LogP contribution >= 0.6 is 0 Å². The van der Waals surface area contributed by atoms with Gasteiger partial charge in [-0.15, -0.1) is 0 Å². The van der Waals surface area contributed by atoms with Crippen LogP contribution in [0.4, 0.5) is 5.69 Å². The van der Waals surface area contributed by atoms with Crippen molar-refractivity contribution >= 4 is 26.3 Å². The number of sulfone groups is 1. The second-order valence-corrected chi connectivity index (χ2v) is 12.2. The van der Waals surface area contributed by atoms with Crippen molar-refractivity contribution in [3.63, 3.8) is 0 Å². The van der Waals surface area contributed by atoms with E-state index >= 15 is 0 Å². The largest absolute Gasteiger partial charge is 0.489 e. The average Bonchev–Trinajstić information content (AvgIpc) is 3.01. The van der Waals surface area contributed by atoms with Crippen molar-refractivity contribution in [3.8, 4) is 28.4 Å². The van der Waals surface area contributed by atoms with Gasteiger partial charge in [-0.2, -0.15) is 0 Å². The van der Waals surface area contributed by atoms with Gasteiger partial charge in [-0.1, -0.05) is 48.5 Å². The summed E-state index contributed by atoms with van der Waals surface area (Å²) in [6.45, 7) is 4.40. The molecule has 1 fully saturated rings. The average molecular weight is 565 g/mol. The second-order valence-electron chi connectivity index (χ2n) is 10.2. The maximum Gasteiger partial charge on any atom is 0.175 e. The predicted molar refractivity (Wildman–Crippen MR) is 165 cm³/mol. The van der Waals surface area contributed by atoms with E-state index < -0.39 is 9.84 Å². The molecule has 6 rings (SSSR count). The Morgan fingerprint density at radius 1 is 0.780 bits per heavy atom. The Labute approximate surface area is 241 Å². The van der Waals surface area contributed by atoms with E-state index in [4.69, 9.17) is 9.47 Å². The lowest BCUT2D eigenvalue weighted by molar-refractivity contribution is 0.306. The molecule has 1 aliphatic heterocycles. The Bertz CT molecular complexity index is 1750. The second kappa shape index (κ2) is 11.6. The Kier molecular flexibility index (Phi) is 7.63. The first-order valence-corrected chi connectivity index (χ1v) is 15.6. The van der Waals surface area contributed by atoms with Gasteiger partial charge in [0.05, 0.1) is 4.90 Å². The Morgan fingerprint density at radius 3 is 2.20 bits per heavy atom. The Morgan fingerprint density at radius 2 is 1.49 bits per heavy atom. The third kappa shape index (κ3) is 6.21. The molecule has 0 saturated carbocycles. The molecule has 208 valence electrons. The summed E-state index contributed by atoms with van der Waals surface area (Å²) in [5.74, 6) is 2.21. The summed E-state index contributed by atoms with van der Waals surface area (Å²) >= 11 is 0. The van der Waals surface area contributed by atoms with Crippen molar-refractivity contribution < 1.29 is 17.9 Å². The van der Waals surface area contributed by atoms with E-state index in [1.165, 1.54) is 11.9 Å². The van der Waals surface area contributed by atoms with Gasteiger partial charge in [0.2, 0.25) is 0 Å². The van der Waals surface area contributed by atoms with Crippen LogP contribution in [-0.4, -0.2) is 40.9 Å². The maximum absolute atomic E-state index is 12.0. The SMILES string of the molecule is CS(=O)(=O)c1ccc(-c2ccc3cc(OCc4ccccc4)ccc3c2Oc2ccc(N3CCNCC3)cc2)cc1. The minimum Gasteiger partial charge on any atom is -0.489 e. The van der Waals surface area contributed by atoms with Crippen molar-refractivity contribution in [1.29, 1.82) is 0 Å². The molecule has 0 bridgehead atoms. The summed E-state index contributed by atoms with van der Waals surface area (Å²) in [6.07, 6.45) is 1.22. The van der Waals surface area contributed by atoms with Gasteiger partial charge in [-0.3, -0.25) is 0 Å². The van der Waals surface area contributed by atoms with Crippen molar-refractivity contribution in [2.75, 3.05) is 37.3 Å². The molecular formula is C34H32N2O4S. The van der Waals surface area contributed by atoms with Gasteiger partial charge >= 0.3 is 0 Å². The van der Waals surface area contributed by atoms with Gasteiger partial charge < -0.3 is 19.7 Å². The number of fused-ring (bicyclic) bond motifs is 1. The number of nitrogens with zero attached hydrogens (tertiary/aromatic N) is 1. The maximum atomic E-state index is 12.0. The molecule has 5 aromatic rings. The van der Waals surface area contributed by atoms with Crippen molar-refractivity contribution in [3.05, 3.63) is 115 Å². The third-order valence-electron chi connectivity index (χ3n) is 7.32. The van der Waals surface area contributed by atoms with E-state index in [-0.39, 0.29) is 4.90 Å². The molecule has 1 N–H and O–H groups in total. The monoisotopic (exact) mass is 564 g/mol. The molecule has 0 spiro atoms. The fourth-order valence-electron chi connectivity index (χ4n) is 5.09. The first-order chi connectivity index (χ1) is 19.9. The molecule has 1 heterocycles. The quantitative estimate of drug-likeness (QED) is 0.227. The minimum absolute atomic E-state index is 0.285. The van der Waals surface area contributed by atoms with Gasteiger partial charge in [-0.05, 0) is 77.2 Å². The summed E-state index contributed by atoms with van der Waals surface area (Å²) in [6, 6.07) is 35.3. The lowest BCUT2D eigenvalue weighted by Crippen LogP contribution is -2.43. The summed E-state index contributed by atoms with van der Waals surface area (Å²) in [4.78, 5) is 2.65. The summed E-state index contributed by atoms with van der Waals surface area (Å²) < 4.78 is 36.8. The highest BCUT2D eigenvalue weighted by molar-refractivity contribution is 7.90. The molecule has 0 atom stereocenters. The number of rotatable bonds is 8. The zero-order chi connectivity index (χ0) is 28.2. The number of piperazine rings is 1. The molecule has 0 amide bonds.